The molecule has 164 valence electrons. The SMILES string of the molecule is COc1ccccc1C(=O)NCCc1ccc2ccn(S(=O)(=O)c3ccc(C)cc3)c2c1. The maximum absolute atomic E-state index is 13.1. The Morgan fingerprint density at radius 3 is 2.50 bits per heavy atom. The number of hydrogen-bond acceptors (Lipinski definition) is 4. The van der Waals surface area contributed by atoms with Gasteiger partial charge < -0.3 is 10.1 Å². The van der Waals surface area contributed by atoms with Gasteiger partial charge in [-0.15, -0.1) is 0 Å². The third kappa shape index (κ3) is 4.24. The highest BCUT2D eigenvalue weighted by molar-refractivity contribution is 7.90. The summed E-state index contributed by atoms with van der Waals surface area (Å²) in [5.74, 6) is 0.305. The lowest BCUT2D eigenvalue weighted by atomic mass is 10.1. The minimum absolute atomic E-state index is 0.214. The summed E-state index contributed by atoms with van der Waals surface area (Å²) >= 11 is 0. The number of fused-ring (bicyclic) bond motifs is 1. The standard InChI is InChI=1S/C25H24N2O4S/c1-18-7-11-21(12-8-18)32(29,30)27-16-14-20-10-9-19(17-23(20)27)13-15-26-25(28)22-5-3-4-6-24(22)31-2/h3-12,14,16-17H,13,15H2,1-2H3,(H,26,28). The Morgan fingerprint density at radius 2 is 1.75 bits per heavy atom. The second-order valence-corrected chi connectivity index (χ2v) is 9.34. The molecule has 0 saturated heterocycles. The smallest absolute Gasteiger partial charge is 0.268 e. The van der Waals surface area contributed by atoms with Crippen LogP contribution < -0.4 is 10.1 Å². The summed E-state index contributed by atoms with van der Waals surface area (Å²) in [6, 6.07) is 21.3. The Balaban J connectivity index is 1.53. The molecule has 1 aromatic heterocycles. The van der Waals surface area contributed by atoms with Gasteiger partial charge in [0.15, 0.2) is 0 Å². The van der Waals surface area contributed by atoms with E-state index in [1.54, 1.807) is 54.7 Å². The number of rotatable bonds is 7. The Kier molecular flexibility index (Phi) is 6.01. The number of carbonyl (C=O) groups is 1. The summed E-state index contributed by atoms with van der Waals surface area (Å²) in [6.07, 6.45) is 2.14. The minimum atomic E-state index is -3.70. The third-order valence-electron chi connectivity index (χ3n) is 5.35. The molecule has 0 atom stereocenters. The van der Waals surface area contributed by atoms with Crippen LogP contribution in [0.1, 0.15) is 21.5 Å². The molecule has 0 spiro atoms. The predicted octanol–water partition coefficient (Wildman–Crippen LogP) is 4.17. The number of aryl methyl sites for hydroxylation is 1. The molecule has 3 aromatic carbocycles. The molecule has 0 radical (unpaired) electrons. The van der Waals surface area contributed by atoms with Gasteiger partial charge >= 0.3 is 0 Å². The number of hydrogen-bond donors (Lipinski definition) is 1. The Labute approximate surface area is 187 Å². The van der Waals surface area contributed by atoms with Crippen LogP contribution in [0.15, 0.2) is 83.9 Å². The second kappa shape index (κ2) is 8.88. The van der Waals surface area contributed by atoms with E-state index in [0.29, 0.717) is 29.8 Å². The van der Waals surface area contributed by atoms with Gasteiger partial charge in [0.05, 0.1) is 23.1 Å². The van der Waals surface area contributed by atoms with Crippen molar-refractivity contribution in [2.24, 2.45) is 0 Å². The van der Waals surface area contributed by atoms with Crippen molar-refractivity contribution < 1.29 is 17.9 Å². The van der Waals surface area contributed by atoms with E-state index in [-0.39, 0.29) is 10.8 Å². The molecule has 7 heteroatoms. The maximum atomic E-state index is 13.1. The third-order valence-corrected chi connectivity index (χ3v) is 7.05. The highest BCUT2D eigenvalue weighted by atomic mass is 32.2. The summed E-state index contributed by atoms with van der Waals surface area (Å²) < 4.78 is 32.8. The first-order valence-electron chi connectivity index (χ1n) is 10.2. The molecule has 0 fully saturated rings. The van der Waals surface area contributed by atoms with Crippen molar-refractivity contribution in [3.8, 4) is 5.75 Å². The topological polar surface area (TPSA) is 77.4 Å². The average molecular weight is 449 g/mol. The summed E-state index contributed by atoms with van der Waals surface area (Å²) in [7, 11) is -2.17. The fourth-order valence-corrected chi connectivity index (χ4v) is 4.93. The number of methoxy groups -OCH3 is 1. The fraction of sp³-hybridized carbons (Fsp3) is 0.160. The van der Waals surface area contributed by atoms with Gasteiger partial charge in [-0.1, -0.05) is 42.0 Å². The molecular formula is C25H24N2O4S. The van der Waals surface area contributed by atoms with Crippen molar-refractivity contribution >= 4 is 26.8 Å². The number of nitrogens with one attached hydrogen (secondary N) is 1. The number of benzene rings is 3. The number of aromatic nitrogens is 1. The van der Waals surface area contributed by atoms with Gasteiger partial charge in [-0.05, 0) is 55.3 Å². The molecule has 1 N–H and O–H groups in total. The Morgan fingerprint density at radius 1 is 1.00 bits per heavy atom. The van der Waals surface area contributed by atoms with Gasteiger partial charge in [0.25, 0.3) is 15.9 Å². The molecule has 4 aromatic rings. The van der Waals surface area contributed by atoms with Crippen molar-refractivity contribution in [2.75, 3.05) is 13.7 Å². The molecular weight excluding hydrogens is 424 g/mol. The molecule has 6 nitrogen and oxygen atoms in total. The summed E-state index contributed by atoms with van der Waals surface area (Å²) in [5, 5.41) is 3.73. The molecule has 0 aliphatic rings. The zero-order chi connectivity index (χ0) is 22.7. The number of para-hydroxylation sites is 1. The van der Waals surface area contributed by atoms with Gasteiger partial charge in [-0.25, -0.2) is 12.4 Å². The monoisotopic (exact) mass is 448 g/mol. The zero-order valence-corrected chi connectivity index (χ0v) is 18.7. The van der Waals surface area contributed by atoms with Crippen LogP contribution in [0.2, 0.25) is 0 Å². The van der Waals surface area contributed by atoms with Crippen LogP contribution in [0.4, 0.5) is 0 Å². The van der Waals surface area contributed by atoms with Gasteiger partial charge in [-0.3, -0.25) is 4.79 Å². The van der Waals surface area contributed by atoms with E-state index in [1.807, 2.05) is 31.2 Å². The van der Waals surface area contributed by atoms with Crippen molar-refractivity contribution in [1.82, 2.24) is 9.29 Å². The molecule has 0 aliphatic heterocycles. The molecule has 0 unspecified atom stereocenters. The van der Waals surface area contributed by atoms with Crippen molar-refractivity contribution in [1.29, 1.82) is 0 Å². The lowest BCUT2D eigenvalue weighted by Crippen LogP contribution is -2.26. The lowest BCUT2D eigenvalue weighted by Gasteiger charge is -2.10. The number of amides is 1. The van der Waals surface area contributed by atoms with E-state index in [9.17, 15) is 13.2 Å². The van der Waals surface area contributed by atoms with Crippen LogP contribution in [-0.2, 0) is 16.4 Å². The number of carbonyl (C=O) groups excluding carboxylic acids is 1. The predicted molar refractivity (Wildman–Crippen MR) is 125 cm³/mol. The summed E-state index contributed by atoms with van der Waals surface area (Å²) in [5.41, 5.74) is 3.01. The maximum Gasteiger partial charge on any atom is 0.268 e. The molecule has 0 aliphatic carbocycles. The number of ether oxygens (including phenoxy) is 1. The molecule has 0 saturated carbocycles. The normalized spacial score (nSPS) is 11.4. The second-order valence-electron chi connectivity index (χ2n) is 7.53. The van der Waals surface area contributed by atoms with E-state index in [4.69, 9.17) is 4.74 Å². The van der Waals surface area contributed by atoms with E-state index in [2.05, 4.69) is 5.32 Å². The molecule has 32 heavy (non-hydrogen) atoms. The van der Waals surface area contributed by atoms with Crippen molar-refractivity contribution in [3.63, 3.8) is 0 Å². The summed E-state index contributed by atoms with van der Waals surface area (Å²) in [4.78, 5) is 12.7. The zero-order valence-electron chi connectivity index (χ0n) is 17.9. The first-order chi connectivity index (χ1) is 15.4. The number of nitrogens with zero attached hydrogens (tertiary/aromatic N) is 1. The highest BCUT2D eigenvalue weighted by Gasteiger charge is 2.19. The van der Waals surface area contributed by atoms with Crippen LogP contribution in [0.5, 0.6) is 5.75 Å². The molecule has 4 rings (SSSR count). The summed E-state index contributed by atoms with van der Waals surface area (Å²) in [6.45, 7) is 2.33. The van der Waals surface area contributed by atoms with Gasteiger partial charge in [0.1, 0.15) is 5.75 Å². The van der Waals surface area contributed by atoms with Gasteiger partial charge in [-0.2, -0.15) is 0 Å². The van der Waals surface area contributed by atoms with Gasteiger partial charge in [0, 0.05) is 18.1 Å². The van der Waals surface area contributed by atoms with E-state index in [0.717, 1.165) is 16.5 Å². The Bertz CT molecular complexity index is 1370. The van der Waals surface area contributed by atoms with Crippen LogP contribution >= 0.6 is 0 Å². The first-order valence-corrected chi connectivity index (χ1v) is 11.7. The van der Waals surface area contributed by atoms with E-state index in [1.165, 1.54) is 11.1 Å². The largest absolute Gasteiger partial charge is 0.496 e. The highest BCUT2D eigenvalue weighted by Crippen LogP contribution is 2.24. The lowest BCUT2D eigenvalue weighted by molar-refractivity contribution is 0.0951. The fourth-order valence-electron chi connectivity index (χ4n) is 3.59. The molecule has 1 amide bonds. The first kappa shape index (κ1) is 21.6. The van der Waals surface area contributed by atoms with E-state index >= 15 is 0 Å². The van der Waals surface area contributed by atoms with Gasteiger partial charge in [0.2, 0.25) is 0 Å². The average Bonchev–Trinajstić information content (AvgIpc) is 3.23. The van der Waals surface area contributed by atoms with E-state index < -0.39 is 10.0 Å². The van der Waals surface area contributed by atoms with Crippen molar-refractivity contribution in [3.05, 3.63) is 95.7 Å². The minimum Gasteiger partial charge on any atom is -0.496 e. The van der Waals surface area contributed by atoms with Crippen LogP contribution in [0.25, 0.3) is 10.9 Å². The van der Waals surface area contributed by atoms with Crippen LogP contribution in [0, 0.1) is 6.92 Å². The molecule has 0 bridgehead atoms. The van der Waals surface area contributed by atoms with Crippen LogP contribution in [-0.4, -0.2) is 32.0 Å². The molecule has 1 heterocycles. The van der Waals surface area contributed by atoms with Crippen LogP contribution in [0.3, 0.4) is 0 Å². The quantitative estimate of drug-likeness (QED) is 0.460. The Hall–Kier alpha value is -3.58. The van der Waals surface area contributed by atoms with Crippen molar-refractivity contribution in [2.45, 2.75) is 18.2 Å².